The lowest BCUT2D eigenvalue weighted by Crippen LogP contribution is -1.99. The molecule has 90 valence electrons. The second kappa shape index (κ2) is 4.99. The van der Waals surface area contributed by atoms with Gasteiger partial charge in [-0.2, -0.15) is 0 Å². The van der Waals surface area contributed by atoms with E-state index in [1.807, 2.05) is 0 Å². The lowest BCUT2D eigenvalue weighted by atomic mass is 10.1. The fourth-order valence-corrected chi connectivity index (χ4v) is 2.60. The first kappa shape index (κ1) is 11.5. The number of halogens is 1. The molecule has 18 heavy (non-hydrogen) atoms. The fraction of sp³-hybridized carbons (Fsp3) is 0.125. The van der Waals surface area contributed by atoms with Crippen molar-refractivity contribution < 1.29 is 0 Å². The number of hydrogen-bond donors (Lipinski definition) is 0. The Kier molecular flexibility index (Phi) is 3.20. The van der Waals surface area contributed by atoms with Crippen molar-refractivity contribution >= 4 is 26.8 Å². The molecule has 0 N–H and O–H groups in total. The Morgan fingerprint density at radius 3 is 2.61 bits per heavy atom. The van der Waals surface area contributed by atoms with Crippen molar-refractivity contribution in [2.24, 2.45) is 0 Å². The Bertz CT molecular complexity index is 655. The number of nitrogens with zero attached hydrogens (tertiary/aromatic N) is 1. The van der Waals surface area contributed by atoms with Crippen molar-refractivity contribution in [3.63, 3.8) is 0 Å². The van der Waals surface area contributed by atoms with Crippen molar-refractivity contribution in [2.75, 3.05) is 0 Å². The van der Waals surface area contributed by atoms with E-state index in [2.05, 4.69) is 81.3 Å². The van der Waals surface area contributed by atoms with Crippen LogP contribution in [0.1, 0.15) is 5.56 Å². The quantitative estimate of drug-likeness (QED) is 0.663. The van der Waals surface area contributed by atoms with Crippen LogP contribution in [0.25, 0.3) is 10.9 Å². The summed E-state index contributed by atoms with van der Waals surface area (Å²) < 4.78 is 3.45. The predicted molar refractivity (Wildman–Crippen MR) is 79.8 cm³/mol. The van der Waals surface area contributed by atoms with Gasteiger partial charge in [-0.05, 0) is 35.6 Å². The van der Waals surface area contributed by atoms with E-state index in [-0.39, 0.29) is 0 Å². The van der Waals surface area contributed by atoms with E-state index < -0.39 is 0 Å². The molecule has 0 radical (unpaired) electrons. The molecular weight excluding hydrogens is 286 g/mol. The first-order valence-corrected chi connectivity index (χ1v) is 6.90. The third kappa shape index (κ3) is 2.34. The van der Waals surface area contributed by atoms with Gasteiger partial charge in [0, 0.05) is 22.7 Å². The Balaban J connectivity index is 1.85. The van der Waals surface area contributed by atoms with Crippen LogP contribution in [-0.4, -0.2) is 4.57 Å². The molecule has 0 saturated carbocycles. The maximum absolute atomic E-state index is 3.53. The van der Waals surface area contributed by atoms with E-state index >= 15 is 0 Å². The highest BCUT2D eigenvalue weighted by Gasteiger charge is 2.01. The van der Waals surface area contributed by atoms with Gasteiger partial charge in [-0.15, -0.1) is 0 Å². The van der Waals surface area contributed by atoms with Crippen LogP contribution < -0.4 is 0 Å². The summed E-state index contributed by atoms with van der Waals surface area (Å²) >= 11 is 3.53. The molecule has 0 bridgehead atoms. The molecule has 3 aromatic rings. The van der Waals surface area contributed by atoms with Crippen LogP contribution in [-0.2, 0) is 13.0 Å². The second-order valence-electron chi connectivity index (χ2n) is 4.45. The lowest BCUT2D eigenvalue weighted by molar-refractivity contribution is 0.723. The molecule has 2 aromatic carbocycles. The summed E-state index contributed by atoms with van der Waals surface area (Å²) in [4.78, 5) is 0. The van der Waals surface area contributed by atoms with Gasteiger partial charge in [0.2, 0.25) is 0 Å². The van der Waals surface area contributed by atoms with E-state index in [9.17, 15) is 0 Å². The van der Waals surface area contributed by atoms with Gasteiger partial charge in [-0.25, -0.2) is 0 Å². The van der Waals surface area contributed by atoms with Gasteiger partial charge in [-0.3, -0.25) is 0 Å². The molecule has 1 heterocycles. The van der Waals surface area contributed by atoms with Crippen LogP contribution in [0, 0.1) is 0 Å². The Morgan fingerprint density at radius 2 is 1.78 bits per heavy atom. The third-order valence-electron chi connectivity index (χ3n) is 3.22. The number of benzene rings is 2. The van der Waals surface area contributed by atoms with Crippen molar-refractivity contribution in [2.45, 2.75) is 13.0 Å². The minimum atomic E-state index is 1.02. The van der Waals surface area contributed by atoms with E-state index in [0.717, 1.165) is 17.4 Å². The molecule has 0 aliphatic carbocycles. The van der Waals surface area contributed by atoms with E-state index in [1.54, 1.807) is 0 Å². The molecule has 3 rings (SSSR count). The average molecular weight is 300 g/mol. The van der Waals surface area contributed by atoms with Crippen LogP contribution in [0.3, 0.4) is 0 Å². The minimum absolute atomic E-state index is 1.02. The monoisotopic (exact) mass is 299 g/mol. The first-order chi connectivity index (χ1) is 8.83. The van der Waals surface area contributed by atoms with Crippen LogP contribution >= 0.6 is 15.9 Å². The topological polar surface area (TPSA) is 4.93 Å². The molecule has 0 unspecified atom stereocenters. The summed E-state index contributed by atoms with van der Waals surface area (Å²) in [7, 11) is 0. The van der Waals surface area contributed by atoms with Crippen LogP contribution in [0.4, 0.5) is 0 Å². The number of fused-ring (bicyclic) bond motifs is 1. The minimum Gasteiger partial charge on any atom is -0.347 e. The van der Waals surface area contributed by atoms with E-state index in [0.29, 0.717) is 0 Å². The van der Waals surface area contributed by atoms with Crippen molar-refractivity contribution in [3.05, 3.63) is 70.8 Å². The van der Waals surface area contributed by atoms with Gasteiger partial charge >= 0.3 is 0 Å². The Morgan fingerprint density at radius 1 is 0.944 bits per heavy atom. The molecule has 1 aromatic heterocycles. The smallest absolute Gasteiger partial charge is 0.0491 e. The first-order valence-electron chi connectivity index (χ1n) is 6.11. The zero-order valence-corrected chi connectivity index (χ0v) is 11.6. The van der Waals surface area contributed by atoms with Gasteiger partial charge < -0.3 is 4.57 Å². The highest BCUT2D eigenvalue weighted by atomic mass is 79.9. The largest absolute Gasteiger partial charge is 0.347 e. The van der Waals surface area contributed by atoms with Gasteiger partial charge in [0.05, 0.1) is 0 Å². The van der Waals surface area contributed by atoms with Crippen molar-refractivity contribution in [1.82, 2.24) is 4.57 Å². The zero-order chi connectivity index (χ0) is 12.4. The predicted octanol–water partition coefficient (Wildman–Crippen LogP) is 4.65. The highest BCUT2D eigenvalue weighted by molar-refractivity contribution is 9.10. The lowest BCUT2D eigenvalue weighted by Gasteiger charge is -2.06. The number of aromatic nitrogens is 1. The Labute approximate surface area is 115 Å². The van der Waals surface area contributed by atoms with Gasteiger partial charge in [0.15, 0.2) is 0 Å². The number of hydrogen-bond acceptors (Lipinski definition) is 0. The third-order valence-corrected chi connectivity index (χ3v) is 3.71. The summed E-state index contributed by atoms with van der Waals surface area (Å²) in [5, 5.41) is 1.30. The van der Waals surface area contributed by atoms with Crippen LogP contribution in [0.5, 0.6) is 0 Å². The summed E-state index contributed by atoms with van der Waals surface area (Å²) in [6.07, 6.45) is 3.23. The molecule has 2 heteroatoms. The molecule has 1 nitrogen and oxygen atoms in total. The molecule has 0 saturated heterocycles. The molecule has 0 amide bonds. The van der Waals surface area contributed by atoms with Gasteiger partial charge in [0.25, 0.3) is 0 Å². The molecule has 0 aliphatic heterocycles. The summed E-state index contributed by atoms with van der Waals surface area (Å²) in [6.45, 7) is 1.02. The number of aryl methyl sites for hydroxylation is 2. The SMILES string of the molecule is Brc1ccc2ccn(CCc3ccccc3)c2c1. The number of rotatable bonds is 3. The van der Waals surface area contributed by atoms with Crippen molar-refractivity contribution in [1.29, 1.82) is 0 Å². The van der Waals surface area contributed by atoms with E-state index in [4.69, 9.17) is 0 Å². The molecular formula is C16H14BrN. The van der Waals surface area contributed by atoms with E-state index in [1.165, 1.54) is 16.5 Å². The summed E-state index contributed by atoms with van der Waals surface area (Å²) in [5.41, 5.74) is 2.68. The maximum Gasteiger partial charge on any atom is 0.0491 e. The van der Waals surface area contributed by atoms with Gasteiger partial charge in [0.1, 0.15) is 0 Å². The summed E-state index contributed by atoms with van der Waals surface area (Å²) in [6, 6.07) is 19.2. The molecule has 0 fully saturated rings. The molecule has 0 aliphatic rings. The Hall–Kier alpha value is -1.54. The average Bonchev–Trinajstić information content (AvgIpc) is 2.80. The summed E-state index contributed by atoms with van der Waals surface area (Å²) in [5.74, 6) is 0. The zero-order valence-electron chi connectivity index (χ0n) is 10.0. The normalized spacial score (nSPS) is 10.9. The second-order valence-corrected chi connectivity index (χ2v) is 5.36. The standard InChI is InChI=1S/C16H14BrN/c17-15-7-6-14-9-11-18(16(14)12-15)10-8-13-4-2-1-3-5-13/h1-7,9,11-12H,8,10H2. The van der Waals surface area contributed by atoms with Gasteiger partial charge in [-0.1, -0.05) is 52.3 Å². The van der Waals surface area contributed by atoms with Crippen molar-refractivity contribution in [3.8, 4) is 0 Å². The maximum atomic E-state index is 3.53. The molecule has 0 atom stereocenters. The fourth-order valence-electron chi connectivity index (χ4n) is 2.25. The van der Waals surface area contributed by atoms with Crippen LogP contribution in [0.2, 0.25) is 0 Å². The van der Waals surface area contributed by atoms with Crippen LogP contribution in [0.15, 0.2) is 65.3 Å². The highest BCUT2D eigenvalue weighted by Crippen LogP contribution is 2.21. The molecule has 0 spiro atoms.